The molecule has 1 aromatic rings. The maximum absolute atomic E-state index is 11.9. The van der Waals surface area contributed by atoms with E-state index in [1.165, 1.54) is 0 Å². The number of hydrogen-bond acceptors (Lipinski definition) is 5. The third-order valence-corrected chi connectivity index (χ3v) is 5.73. The number of nitrogens with one attached hydrogen (secondary N) is 1. The molecule has 4 atom stereocenters. The highest BCUT2D eigenvalue weighted by Crippen LogP contribution is 2.29. The molecule has 23 heavy (non-hydrogen) atoms. The largest absolute Gasteiger partial charge is 0.371 e. The zero-order chi connectivity index (χ0) is 16.3. The number of hydrogen-bond donors (Lipinski definition) is 1. The summed E-state index contributed by atoms with van der Waals surface area (Å²) >= 11 is 0. The second-order valence-electron chi connectivity index (χ2n) is 5.97. The first kappa shape index (κ1) is 16.9. The Morgan fingerprint density at radius 1 is 1.17 bits per heavy atom. The van der Waals surface area contributed by atoms with Gasteiger partial charge in [0.25, 0.3) is 0 Å². The van der Waals surface area contributed by atoms with Crippen LogP contribution in [0.5, 0.6) is 0 Å². The molecule has 0 bridgehead atoms. The smallest absolute Gasteiger partial charge is 0.212 e. The minimum absolute atomic E-state index is 0.120. The highest BCUT2D eigenvalue weighted by molar-refractivity contribution is 7.89. The minimum atomic E-state index is -3.28. The van der Waals surface area contributed by atoms with Crippen molar-refractivity contribution < 1.29 is 22.6 Å². The van der Waals surface area contributed by atoms with Gasteiger partial charge in [0.05, 0.1) is 31.6 Å². The lowest BCUT2D eigenvalue weighted by Gasteiger charge is -2.18. The van der Waals surface area contributed by atoms with E-state index >= 15 is 0 Å². The van der Waals surface area contributed by atoms with E-state index in [4.69, 9.17) is 14.2 Å². The van der Waals surface area contributed by atoms with Crippen LogP contribution >= 0.6 is 0 Å². The predicted molar refractivity (Wildman–Crippen MR) is 85.5 cm³/mol. The Labute approximate surface area is 137 Å². The van der Waals surface area contributed by atoms with E-state index in [1.54, 1.807) is 0 Å². The maximum atomic E-state index is 11.9. The Morgan fingerprint density at radius 3 is 2.65 bits per heavy atom. The molecule has 6 nitrogen and oxygen atoms in total. The summed E-state index contributed by atoms with van der Waals surface area (Å²) in [7, 11) is -3.28. The van der Waals surface area contributed by atoms with E-state index in [0.29, 0.717) is 26.2 Å². The summed E-state index contributed by atoms with van der Waals surface area (Å²) in [6.07, 6.45) is -0.0722. The first-order valence-corrected chi connectivity index (χ1v) is 9.63. The number of fused-ring (bicyclic) bond motifs is 1. The monoisotopic (exact) mass is 341 g/mol. The van der Waals surface area contributed by atoms with Crippen LogP contribution in [-0.2, 0) is 30.8 Å². The second-order valence-corrected chi connectivity index (χ2v) is 7.85. The summed E-state index contributed by atoms with van der Waals surface area (Å²) in [6, 6.07) is 9.58. The fourth-order valence-corrected chi connectivity index (χ4v) is 4.36. The normalized spacial score (nSPS) is 30.5. The molecule has 1 aromatic carbocycles. The Morgan fingerprint density at radius 2 is 1.91 bits per heavy atom. The standard InChI is InChI=1S/C16H23NO5S/c1-2-8-23(18,19)17-13-10-21-16-14(11-22-15(13)16)20-9-12-6-4-3-5-7-12/h3-7,13-17H,2,8-11H2,1H3/t13-,14+,15+,16+/m0/s1. The molecular weight excluding hydrogens is 318 g/mol. The molecule has 2 saturated heterocycles. The Hall–Kier alpha value is -0.990. The lowest BCUT2D eigenvalue weighted by Crippen LogP contribution is -2.45. The van der Waals surface area contributed by atoms with Crippen molar-refractivity contribution in [3.63, 3.8) is 0 Å². The molecule has 0 amide bonds. The van der Waals surface area contributed by atoms with Crippen molar-refractivity contribution >= 4 is 10.0 Å². The number of rotatable bonds is 7. The van der Waals surface area contributed by atoms with Crippen LogP contribution in [0.25, 0.3) is 0 Å². The van der Waals surface area contributed by atoms with Crippen molar-refractivity contribution in [2.45, 2.75) is 44.3 Å². The zero-order valence-electron chi connectivity index (χ0n) is 13.2. The summed E-state index contributed by atoms with van der Waals surface area (Å²) in [5.41, 5.74) is 1.09. The summed E-state index contributed by atoms with van der Waals surface area (Å²) < 4.78 is 43.9. The van der Waals surface area contributed by atoms with Crippen LogP contribution in [0.4, 0.5) is 0 Å². The Bertz CT molecular complexity index is 606. The molecule has 2 aliphatic rings. The van der Waals surface area contributed by atoms with Gasteiger partial charge in [0, 0.05) is 0 Å². The molecule has 7 heteroatoms. The Balaban J connectivity index is 1.54. The molecule has 0 saturated carbocycles. The van der Waals surface area contributed by atoms with E-state index < -0.39 is 10.0 Å². The van der Waals surface area contributed by atoms with E-state index in [1.807, 2.05) is 37.3 Å². The van der Waals surface area contributed by atoms with Gasteiger partial charge >= 0.3 is 0 Å². The molecule has 0 unspecified atom stereocenters. The van der Waals surface area contributed by atoms with E-state index in [-0.39, 0.29) is 30.1 Å². The van der Waals surface area contributed by atoms with Gasteiger partial charge in [-0.05, 0) is 12.0 Å². The summed E-state index contributed by atoms with van der Waals surface area (Å²) in [4.78, 5) is 0. The summed E-state index contributed by atoms with van der Waals surface area (Å²) in [5, 5.41) is 0. The molecule has 2 aliphatic heterocycles. The average Bonchev–Trinajstić information content (AvgIpc) is 3.09. The SMILES string of the molecule is CCCS(=O)(=O)N[C@H]1CO[C@H]2[C@@H]1OC[C@H]2OCc1ccccc1. The molecule has 3 rings (SSSR count). The fraction of sp³-hybridized carbons (Fsp3) is 0.625. The summed E-state index contributed by atoms with van der Waals surface area (Å²) in [6.45, 7) is 3.08. The van der Waals surface area contributed by atoms with Crippen molar-refractivity contribution in [1.82, 2.24) is 4.72 Å². The Kier molecular flexibility index (Phi) is 5.33. The second kappa shape index (κ2) is 7.27. The molecule has 0 aliphatic carbocycles. The van der Waals surface area contributed by atoms with Crippen LogP contribution < -0.4 is 4.72 Å². The summed E-state index contributed by atoms with van der Waals surface area (Å²) in [5.74, 6) is 0.120. The molecule has 0 spiro atoms. The van der Waals surface area contributed by atoms with Crippen LogP contribution in [0.3, 0.4) is 0 Å². The van der Waals surface area contributed by atoms with Crippen LogP contribution in [0.1, 0.15) is 18.9 Å². The van der Waals surface area contributed by atoms with Gasteiger partial charge in [0.2, 0.25) is 10.0 Å². The van der Waals surface area contributed by atoms with Crippen molar-refractivity contribution in [2.75, 3.05) is 19.0 Å². The number of sulfonamides is 1. The molecule has 2 fully saturated rings. The first-order valence-electron chi connectivity index (χ1n) is 7.98. The minimum Gasteiger partial charge on any atom is -0.371 e. The first-order chi connectivity index (χ1) is 11.1. The zero-order valence-corrected chi connectivity index (χ0v) is 14.0. The van der Waals surface area contributed by atoms with E-state index in [2.05, 4.69) is 4.72 Å². The number of ether oxygens (including phenoxy) is 3. The van der Waals surface area contributed by atoms with Gasteiger partial charge in [0.15, 0.2) is 0 Å². The van der Waals surface area contributed by atoms with Gasteiger partial charge in [-0.25, -0.2) is 13.1 Å². The van der Waals surface area contributed by atoms with Crippen LogP contribution in [0.2, 0.25) is 0 Å². The number of benzene rings is 1. The fourth-order valence-electron chi connectivity index (χ4n) is 3.04. The lowest BCUT2D eigenvalue weighted by atomic mass is 10.1. The average molecular weight is 341 g/mol. The lowest BCUT2D eigenvalue weighted by molar-refractivity contribution is -0.0391. The molecule has 1 N–H and O–H groups in total. The quantitative estimate of drug-likeness (QED) is 0.803. The third kappa shape index (κ3) is 4.10. The van der Waals surface area contributed by atoms with E-state index in [0.717, 1.165) is 5.56 Å². The van der Waals surface area contributed by atoms with Gasteiger partial charge in [-0.1, -0.05) is 37.3 Å². The van der Waals surface area contributed by atoms with Crippen LogP contribution in [0.15, 0.2) is 30.3 Å². The molecule has 2 heterocycles. The van der Waals surface area contributed by atoms with Gasteiger partial charge in [-0.3, -0.25) is 0 Å². The third-order valence-electron chi connectivity index (χ3n) is 4.12. The van der Waals surface area contributed by atoms with Crippen LogP contribution in [0, 0.1) is 0 Å². The van der Waals surface area contributed by atoms with Crippen LogP contribution in [-0.4, -0.2) is 51.7 Å². The molecule has 0 radical (unpaired) electrons. The van der Waals surface area contributed by atoms with Gasteiger partial charge < -0.3 is 14.2 Å². The predicted octanol–water partition coefficient (Wildman–Crippen LogP) is 1.07. The molecule has 0 aromatic heterocycles. The molecule has 128 valence electrons. The van der Waals surface area contributed by atoms with Crippen molar-refractivity contribution in [3.05, 3.63) is 35.9 Å². The highest BCUT2D eigenvalue weighted by atomic mass is 32.2. The van der Waals surface area contributed by atoms with E-state index in [9.17, 15) is 8.42 Å². The van der Waals surface area contributed by atoms with Gasteiger partial charge in [0.1, 0.15) is 18.3 Å². The van der Waals surface area contributed by atoms with Gasteiger partial charge in [-0.15, -0.1) is 0 Å². The van der Waals surface area contributed by atoms with Crippen molar-refractivity contribution in [1.29, 1.82) is 0 Å². The topological polar surface area (TPSA) is 73.9 Å². The highest BCUT2D eigenvalue weighted by Gasteiger charge is 2.49. The van der Waals surface area contributed by atoms with Gasteiger partial charge in [-0.2, -0.15) is 0 Å². The molecular formula is C16H23NO5S. The maximum Gasteiger partial charge on any atom is 0.212 e. The van der Waals surface area contributed by atoms with Crippen molar-refractivity contribution in [2.24, 2.45) is 0 Å². The van der Waals surface area contributed by atoms with Crippen molar-refractivity contribution in [3.8, 4) is 0 Å².